The highest BCUT2D eigenvalue weighted by atomic mass is 32.2. The van der Waals surface area contributed by atoms with E-state index >= 15 is 0 Å². The number of amides is 1. The number of anilines is 2. The summed E-state index contributed by atoms with van der Waals surface area (Å²) in [7, 11) is -4.00. The fourth-order valence-corrected chi connectivity index (χ4v) is 4.57. The molecule has 3 aromatic rings. The van der Waals surface area contributed by atoms with E-state index in [9.17, 15) is 17.6 Å². The van der Waals surface area contributed by atoms with Crippen molar-refractivity contribution in [2.45, 2.75) is 23.1 Å². The summed E-state index contributed by atoms with van der Waals surface area (Å²) in [4.78, 5) is 13.2. The average Bonchev–Trinajstić information content (AvgIpc) is 2.71. The van der Waals surface area contributed by atoms with Crippen molar-refractivity contribution in [2.75, 3.05) is 15.8 Å². The lowest BCUT2D eigenvalue weighted by Crippen LogP contribution is -2.15. The highest BCUT2D eigenvalue weighted by Gasteiger charge is 2.17. The van der Waals surface area contributed by atoms with Crippen LogP contribution in [-0.2, 0) is 14.8 Å². The van der Waals surface area contributed by atoms with Crippen LogP contribution in [0.15, 0.2) is 82.6 Å². The number of carbonyl (C=O) groups excluding carboxylic acids is 1. The van der Waals surface area contributed by atoms with E-state index in [0.29, 0.717) is 11.4 Å². The predicted molar refractivity (Wildman–Crippen MR) is 119 cm³/mol. The minimum Gasteiger partial charge on any atom is -0.326 e. The van der Waals surface area contributed by atoms with Gasteiger partial charge in [-0.1, -0.05) is 35.9 Å². The molecule has 0 aliphatic carbocycles. The third-order valence-corrected chi connectivity index (χ3v) is 6.54. The van der Waals surface area contributed by atoms with E-state index in [0.717, 1.165) is 4.90 Å². The number of nitrogens with one attached hydrogen (secondary N) is 2. The summed E-state index contributed by atoms with van der Waals surface area (Å²) in [6, 6.07) is 19.4. The Hall–Kier alpha value is -2.84. The maximum absolute atomic E-state index is 13.8. The molecule has 0 saturated carbocycles. The lowest BCUT2D eigenvalue weighted by atomic mass is 10.2. The van der Waals surface area contributed by atoms with Gasteiger partial charge in [-0.05, 0) is 49.4 Å². The molecule has 0 heterocycles. The van der Waals surface area contributed by atoms with Crippen LogP contribution < -0.4 is 10.0 Å². The maximum atomic E-state index is 13.8. The number of carbonyl (C=O) groups is 1. The highest BCUT2D eigenvalue weighted by Crippen LogP contribution is 2.22. The first-order chi connectivity index (χ1) is 14.3. The van der Waals surface area contributed by atoms with Crippen LogP contribution in [0.3, 0.4) is 0 Å². The molecule has 2 N–H and O–H groups in total. The van der Waals surface area contributed by atoms with Crippen LogP contribution in [0.1, 0.15) is 12.0 Å². The SMILES string of the molecule is Cc1ccc(SCCC(=O)Nc2cccc(S(=O)(=O)Nc3ccccc3F)c2)cc1. The molecule has 0 aromatic heterocycles. The molecule has 0 saturated heterocycles. The normalized spacial score (nSPS) is 11.1. The molecule has 1 amide bonds. The van der Waals surface area contributed by atoms with Crippen molar-refractivity contribution < 1.29 is 17.6 Å². The summed E-state index contributed by atoms with van der Waals surface area (Å²) in [6.45, 7) is 2.02. The number of hydrogen-bond donors (Lipinski definition) is 2. The molecular weight excluding hydrogens is 423 g/mol. The van der Waals surface area contributed by atoms with Crippen molar-refractivity contribution in [3.63, 3.8) is 0 Å². The number of para-hydroxylation sites is 1. The molecule has 8 heteroatoms. The summed E-state index contributed by atoms with van der Waals surface area (Å²) in [5.41, 5.74) is 1.40. The molecule has 0 fully saturated rings. The summed E-state index contributed by atoms with van der Waals surface area (Å²) in [6.07, 6.45) is 0.281. The number of benzene rings is 3. The van der Waals surface area contributed by atoms with Gasteiger partial charge < -0.3 is 5.32 Å². The zero-order chi connectivity index (χ0) is 21.6. The first kappa shape index (κ1) is 21.9. The fraction of sp³-hybridized carbons (Fsp3) is 0.136. The molecule has 0 atom stereocenters. The molecule has 0 unspecified atom stereocenters. The smallest absolute Gasteiger partial charge is 0.262 e. The zero-order valence-corrected chi connectivity index (χ0v) is 17.9. The van der Waals surface area contributed by atoms with Crippen LogP contribution in [0, 0.1) is 12.7 Å². The van der Waals surface area contributed by atoms with Crippen molar-refractivity contribution in [1.29, 1.82) is 0 Å². The van der Waals surface area contributed by atoms with E-state index in [1.54, 1.807) is 17.8 Å². The lowest BCUT2D eigenvalue weighted by molar-refractivity contribution is -0.115. The van der Waals surface area contributed by atoms with Crippen molar-refractivity contribution in [3.8, 4) is 0 Å². The summed E-state index contributed by atoms with van der Waals surface area (Å²) >= 11 is 1.58. The van der Waals surface area contributed by atoms with Gasteiger partial charge in [0, 0.05) is 22.8 Å². The Morgan fingerprint density at radius 2 is 1.73 bits per heavy atom. The Kier molecular flexibility index (Phi) is 7.12. The molecule has 0 aliphatic heterocycles. The Morgan fingerprint density at radius 3 is 2.47 bits per heavy atom. The van der Waals surface area contributed by atoms with E-state index in [1.807, 2.05) is 31.2 Å². The first-order valence-corrected chi connectivity index (χ1v) is 11.7. The molecule has 5 nitrogen and oxygen atoms in total. The Balaban J connectivity index is 1.59. The maximum Gasteiger partial charge on any atom is 0.262 e. The van der Waals surface area contributed by atoms with Gasteiger partial charge in [0.05, 0.1) is 10.6 Å². The Bertz CT molecular complexity index is 1130. The van der Waals surface area contributed by atoms with Crippen LogP contribution in [0.2, 0.25) is 0 Å². The third-order valence-electron chi connectivity index (χ3n) is 4.17. The minimum atomic E-state index is -4.00. The van der Waals surface area contributed by atoms with Gasteiger partial charge in [-0.25, -0.2) is 12.8 Å². The Labute approximate surface area is 179 Å². The quantitative estimate of drug-likeness (QED) is 0.477. The van der Waals surface area contributed by atoms with Gasteiger partial charge >= 0.3 is 0 Å². The highest BCUT2D eigenvalue weighted by molar-refractivity contribution is 7.99. The van der Waals surface area contributed by atoms with Crippen LogP contribution >= 0.6 is 11.8 Å². The predicted octanol–water partition coefficient (Wildman–Crippen LogP) is 5.06. The number of halogens is 1. The van der Waals surface area contributed by atoms with Crippen LogP contribution in [0.4, 0.5) is 15.8 Å². The fourth-order valence-electron chi connectivity index (χ4n) is 2.61. The molecule has 3 aromatic carbocycles. The molecule has 0 aliphatic rings. The Morgan fingerprint density at radius 1 is 1.00 bits per heavy atom. The number of hydrogen-bond acceptors (Lipinski definition) is 4. The average molecular weight is 445 g/mol. The standard InChI is InChI=1S/C22H21FN2O3S2/c1-16-9-11-18(12-10-16)29-14-13-22(26)24-17-5-4-6-19(15-17)30(27,28)25-21-8-3-2-7-20(21)23/h2-12,15,25H,13-14H2,1H3,(H,24,26). The lowest BCUT2D eigenvalue weighted by Gasteiger charge is -2.11. The van der Waals surface area contributed by atoms with Gasteiger partial charge in [-0.2, -0.15) is 0 Å². The topological polar surface area (TPSA) is 75.3 Å². The molecule has 30 heavy (non-hydrogen) atoms. The van der Waals surface area contributed by atoms with Gasteiger partial charge in [0.1, 0.15) is 5.82 Å². The van der Waals surface area contributed by atoms with Gasteiger partial charge in [-0.3, -0.25) is 9.52 Å². The molecule has 3 rings (SSSR count). The van der Waals surface area contributed by atoms with Gasteiger partial charge in [-0.15, -0.1) is 11.8 Å². The number of thioether (sulfide) groups is 1. The summed E-state index contributed by atoms with van der Waals surface area (Å²) in [5.74, 6) is -0.287. The van der Waals surface area contributed by atoms with E-state index in [1.165, 1.54) is 48.0 Å². The van der Waals surface area contributed by atoms with Crippen molar-refractivity contribution in [1.82, 2.24) is 0 Å². The van der Waals surface area contributed by atoms with Crippen LogP contribution in [0.5, 0.6) is 0 Å². The van der Waals surface area contributed by atoms with Crippen molar-refractivity contribution >= 4 is 39.1 Å². The molecule has 0 spiro atoms. The van der Waals surface area contributed by atoms with Crippen LogP contribution in [0.25, 0.3) is 0 Å². The second kappa shape index (κ2) is 9.77. The second-order valence-corrected chi connectivity index (χ2v) is 9.42. The monoisotopic (exact) mass is 444 g/mol. The molecular formula is C22H21FN2O3S2. The largest absolute Gasteiger partial charge is 0.326 e. The molecule has 0 bridgehead atoms. The summed E-state index contributed by atoms with van der Waals surface area (Å²) in [5, 5.41) is 2.71. The third kappa shape index (κ3) is 6.08. The van der Waals surface area contributed by atoms with E-state index < -0.39 is 15.8 Å². The van der Waals surface area contributed by atoms with E-state index in [-0.39, 0.29) is 22.9 Å². The van der Waals surface area contributed by atoms with Gasteiger partial charge in [0.25, 0.3) is 10.0 Å². The van der Waals surface area contributed by atoms with E-state index in [2.05, 4.69) is 10.0 Å². The van der Waals surface area contributed by atoms with Crippen molar-refractivity contribution in [2.24, 2.45) is 0 Å². The van der Waals surface area contributed by atoms with Crippen LogP contribution in [-0.4, -0.2) is 20.1 Å². The first-order valence-electron chi connectivity index (χ1n) is 9.20. The van der Waals surface area contributed by atoms with Gasteiger partial charge in [0.15, 0.2) is 0 Å². The van der Waals surface area contributed by atoms with Gasteiger partial charge in [0.2, 0.25) is 5.91 Å². The van der Waals surface area contributed by atoms with E-state index in [4.69, 9.17) is 0 Å². The number of rotatable bonds is 8. The number of sulfonamides is 1. The minimum absolute atomic E-state index is 0.0717. The molecule has 0 radical (unpaired) electrons. The second-order valence-electron chi connectivity index (χ2n) is 6.57. The molecule has 156 valence electrons. The summed E-state index contributed by atoms with van der Waals surface area (Å²) < 4.78 is 41.1. The zero-order valence-electron chi connectivity index (χ0n) is 16.3. The number of aryl methyl sites for hydroxylation is 1. The van der Waals surface area contributed by atoms with Crippen molar-refractivity contribution in [3.05, 3.63) is 84.2 Å².